The van der Waals surface area contributed by atoms with Gasteiger partial charge in [-0.3, -0.25) is 0 Å². The summed E-state index contributed by atoms with van der Waals surface area (Å²) in [6, 6.07) is 8.59. The predicted molar refractivity (Wildman–Crippen MR) is 106 cm³/mol. The molecule has 0 aliphatic rings. The van der Waals surface area contributed by atoms with Gasteiger partial charge in [0.15, 0.2) is 5.69 Å². The van der Waals surface area contributed by atoms with E-state index < -0.39 is 11.6 Å². The van der Waals surface area contributed by atoms with Crippen molar-refractivity contribution in [1.82, 2.24) is 9.38 Å². The van der Waals surface area contributed by atoms with Crippen LogP contribution in [-0.4, -0.2) is 15.4 Å². The lowest BCUT2D eigenvalue weighted by atomic mass is 10.1. The maximum atomic E-state index is 12.4. The Labute approximate surface area is 165 Å². The highest BCUT2D eigenvalue weighted by molar-refractivity contribution is 6.32. The molecule has 0 N–H and O–H groups in total. The number of carbonyl (C=O) groups is 1. The zero-order valence-corrected chi connectivity index (χ0v) is 16.1. The van der Waals surface area contributed by atoms with E-state index in [9.17, 15) is 9.59 Å². The van der Waals surface area contributed by atoms with E-state index in [1.54, 1.807) is 22.7 Å². The minimum Gasteiger partial charge on any atom is -0.456 e. The average Bonchev–Trinajstić information content (AvgIpc) is 3.09. The Kier molecular flexibility index (Phi) is 4.65. The molecular formula is C21H17ClN2O4. The molecule has 28 heavy (non-hydrogen) atoms. The number of hydrogen-bond donors (Lipinski definition) is 0. The molecule has 0 unspecified atom stereocenters. The number of aryl methyl sites for hydroxylation is 2. The minimum atomic E-state index is -0.570. The van der Waals surface area contributed by atoms with Crippen molar-refractivity contribution in [2.45, 2.75) is 26.9 Å². The quantitative estimate of drug-likeness (QED) is 0.379. The van der Waals surface area contributed by atoms with Gasteiger partial charge in [0.1, 0.15) is 17.8 Å². The van der Waals surface area contributed by atoms with E-state index in [0.717, 1.165) is 11.1 Å². The normalized spacial score (nSPS) is 11.2. The van der Waals surface area contributed by atoms with Crippen LogP contribution >= 0.6 is 11.6 Å². The molecule has 3 heterocycles. The maximum absolute atomic E-state index is 12.4. The highest BCUT2D eigenvalue weighted by atomic mass is 35.5. The molecule has 0 spiro atoms. The number of carbonyl (C=O) groups excluding carboxylic acids is 1. The fourth-order valence-corrected chi connectivity index (χ4v) is 3.38. The molecule has 0 saturated carbocycles. The first-order chi connectivity index (χ1) is 13.4. The van der Waals surface area contributed by atoms with E-state index in [4.69, 9.17) is 20.8 Å². The van der Waals surface area contributed by atoms with Crippen molar-refractivity contribution in [3.63, 3.8) is 0 Å². The van der Waals surface area contributed by atoms with Crippen LogP contribution in [0.5, 0.6) is 0 Å². The summed E-state index contributed by atoms with van der Waals surface area (Å²) in [6.07, 6.45) is 4.15. The van der Waals surface area contributed by atoms with Crippen molar-refractivity contribution in [2.24, 2.45) is 0 Å². The van der Waals surface area contributed by atoms with Gasteiger partial charge in [-0.1, -0.05) is 18.5 Å². The molecular weight excluding hydrogens is 380 g/mol. The average molecular weight is 397 g/mol. The van der Waals surface area contributed by atoms with Gasteiger partial charge in [-0.25, -0.2) is 14.6 Å². The monoisotopic (exact) mass is 396 g/mol. The first-order valence-corrected chi connectivity index (χ1v) is 9.20. The second kappa shape index (κ2) is 7.13. The number of imidazole rings is 1. The number of halogens is 1. The van der Waals surface area contributed by atoms with E-state index in [0.29, 0.717) is 33.6 Å². The van der Waals surface area contributed by atoms with Crippen molar-refractivity contribution in [2.75, 3.05) is 0 Å². The standard InChI is InChI=1S/C21H17ClN2O4/c1-3-13-7-18-15(9-16(13)22)14(8-20(25)28-18)11-27-21(26)17-10-24-5-4-12(2)6-19(24)23-17/h4-10H,3,11H2,1-2H3. The maximum Gasteiger partial charge on any atom is 0.358 e. The van der Waals surface area contributed by atoms with Crippen molar-refractivity contribution >= 4 is 34.2 Å². The van der Waals surface area contributed by atoms with Gasteiger partial charge in [-0.15, -0.1) is 0 Å². The topological polar surface area (TPSA) is 73.8 Å². The lowest BCUT2D eigenvalue weighted by Crippen LogP contribution is -2.08. The van der Waals surface area contributed by atoms with Gasteiger partial charge in [0.25, 0.3) is 0 Å². The molecule has 142 valence electrons. The molecule has 0 amide bonds. The number of fused-ring (bicyclic) bond motifs is 2. The van der Waals surface area contributed by atoms with Crippen LogP contribution in [0.3, 0.4) is 0 Å². The summed E-state index contributed by atoms with van der Waals surface area (Å²) >= 11 is 6.29. The van der Waals surface area contributed by atoms with Gasteiger partial charge >= 0.3 is 11.6 Å². The van der Waals surface area contributed by atoms with E-state index in [-0.39, 0.29) is 12.3 Å². The molecule has 4 rings (SSSR count). The number of rotatable bonds is 4. The highest BCUT2D eigenvalue weighted by Gasteiger charge is 2.15. The first-order valence-electron chi connectivity index (χ1n) is 8.82. The molecule has 7 heteroatoms. The highest BCUT2D eigenvalue weighted by Crippen LogP contribution is 2.26. The molecule has 0 aliphatic heterocycles. The van der Waals surface area contributed by atoms with Gasteiger partial charge in [0.2, 0.25) is 0 Å². The zero-order valence-electron chi connectivity index (χ0n) is 15.4. The number of esters is 1. The molecule has 0 saturated heterocycles. The SMILES string of the molecule is CCc1cc2oc(=O)cc(COC(=O)c3cn4ccc(C)cc4n3)c2cc1Cl. The number of aromatic nitrogens is 2. The number of hydrogen-bond acceptors (Lipinski definition) is 5. The summed E-state index contributed by atoms with van der Waals surface area (Å²) in [7, 11) is 0. The van der Waals surface area contributed by atoms with Gasteiger partial charge in [-0.05, 0) is 48.7 Å². The van der Waals surface area contributed by atoms with Crippen LogP contribution in [-0.2, 0) is 17.8 Å². The molecule has 0 atom stereocenters. The first kappa shape index (κ1) is 18.3. The smallest absolute Gasteiger partial charge is 0.358 e. The Bertz CT molecular complexity index is 1270. The summed E-state index contributed by atoms with van der Waals surface area (Å²) in [5, 5.41) is 1.22. The van der Waals surface area contributed by atoms with Crippen LogP contribution in [0.1, 0.15) is 34.1 Å². The summed E-state index contributed by atoms with van der Waals surface area (Å²) in [4.78, 5) is 28.6. The minimum absolute atomic E-state index is 0.0877. The van der Waals surface area contributed by atoms with Gasteiger partial charge in [0, 0.05) is 34.4 Å². The van der Waals surface area contributed by atoms with E-state index in [2.05, 4.69) is 4.98 Å². The van der Waals surface area contributed by atoms with Crippen LogP contribution < -0.4 is 5.63 Å². The molecule has 1 aromatic carbocycles. The molecule has 6 nitrogen and oxygen atoms in total. The van der Waals surface area contributed by atoms with E-state index in [1.165, 1.54) is 6.07 Å². The van der Waals surface area contributed by atoms with E-state index >= 15 is 0 Å². The molecule has 4 aromatic rings. The number of benzene rings is 1. The van der Waals surface area contributed by atoms with Crippen molar-refractivity contribution < 1.29 is 13.9 Å². The van der Waals surface area contributed by atoms with Crippen LogP contribution in [0.25, 0.3) is 16.6 Å². The summed E-state index contributed by atoms with van der Waals surface area (Å²) in [5.74, 6) is -0.570. The van der Waals surface area contributed by atoms with Crippen LogP contribution in [0, 0.1) is 6.92 Å². The fraction of sp³-hybridized carbons (Fsp3) is 0.190. The lowest BCUT2D eigenvalue weighted by Gasteiger charge is -2.08. The molecule has 0 bridgehead atoms. The largest absolute Gasteiger partial charge is 0.456 e. The van der Waals surface area contributed by atoms with Gasteiger partial charge in [-0.2, -0.15) is 0 Å². The van der Waals surface area contributed by atoms with Crippen molar-refractivity contribution in [3.8, 4) is 0 Å². The number of nitrogens with zero attached hydrogens (tertiary/aromatic N) is 2. The summed E-state index contributed by atoms with van der Waals surface area (Å²) in [6.45, 7) is 3.83. The number of pyridine rings is 1. The summed E-state index contributed by atoms with van der Waals surface area (Å²) in [5.41, 5.74) is 3.23. The third kappa shape index (κ3) is 3.39. The fourth-order valence-electron chi connectivity index (χ4n) is 3.08. The number of ether oxygens (including phenoxy) is 1. The van der Waals surface area contributed by atoms with Gasteiger partial charge in [0.05, 0.1) is 0 Å². The third-order valence-corrected chi connectivity index (χ3v) is 4.91. The summed E-state index contributed by atoms with van der Waals surface area (Å²) < 4.78 is 12.4. The van der Waals surface area contributed by atoms with Gasteiger partial charge < -0.3 is 13.6 Å². The third-order valence-electron chi connectivity index (χ3n) is 4.56. The Balaban J connectivity index is 1.63. The predicted octanol–water partition coefficient (Wildman–Crippen LogP) is 4.32. The Hall–Kier alpha value is -3.12. The molecule has 0 aliphatic carbocycles. The van der Waals surface area contributed by atoms with Crippen LogP contribution in [0.4, 0.5) is 0 Å². The lowest BCUT2D eigenvalue weighted by molar-refractivity contribution is 0.0467. The second-order valence-electron chi connectivity index (χ2n) is 6.56. The molecule has 0 radical (unpaired) electrons. The van der Waals surface area contributed by atoms with Crippen LogP contribution in [0.2, 0.25) is 5.02 Å². The zero-order chi connectivity index (χ0) is 19.8. The van der Waals surface area contributed by atoms with Crippen molar-refractivity contribution in [1.29, 1.82) is 0 Å². The Morgan fingerprint density at radius 3 is 2.86 bits per heavy atom. The molecule has 0 fully saturated rings. The van der Waals surface area contributed by atoms with E-state index in [1.807, 2.05) is 32.2 Å². The Morgan fingerprint density at radius 1 is 1.25 bits per heavy atom. The van der Waals surface area contributed by atoms with Crippen molar-refractivity contribution in [3.05, 3.63) is 80.6 Å². The molecule has 3 aromatic heterocycles. The van der Waals surface area contributed by atoms with Crippen LogP contribution in [0.15, 0.2) is 51.9 Å². The Morgan fingerprint density at radius 2 is 2.07 bits per heavy atom. The second-order valence-corrected chi connectivity index (χ2v) is 6.96.